The Kier molecular flexibility index (Phi) is 3.18. The number of pyridine rings is 1. The molecule has 1 fully saturated rings. The van der Waals surface area contributed by atoms with Crippen LogP contribution in [0, 0.1) is 0 Å². The largest absolute Gasteiger partial charge is 0.392 e. The molecule has 0 aliphatic carbocycles. The van der Waals surface area contributed by atoms with E-state index in [-0.39, 0.29) is 6.61 Å². The van der Waals surface area contributed by atoms with Gasteiger partial charge in [0, 0.05) is 25.4 Å². The molecule has 0 saturated carbocycles. The SMILES string of the molecule is CN(c1ncccc1CO)C1CCOC1. The number of anilines is 1. The number of aromatic nitrogens is 1. The van der Waals surface area contributed by atoms with Gasteiger partial charge in [-0.05, 0) is 12.5 Å². The Labute approximate surface area is 89.5 Å². The van der Waals surface area contributed by atoms with Crippen molar-refractivity contribution >= 4 is 5.82 Å². The van der Waals surface area contributed by atoms with E-state index in [9.17, 15) is 5.11 Å². The van der Waals surface area contributed by atoms with Crippen LogP contribution in [-0.4, -0.2) is 36.4 Å². The van der Waals surface area contributed by atoms with Gasteiger partial charge in [0.2, 0.25) is 0 Å². The van der Waals surface area contributed by atoms with Gasteiger partial charge >= 0.3 is 0 Å². The van der Waals surface area contributed by atoms with Gasteiger partial charge in [-0.15, -0.1) is 0 Å². The fourth-order valence-electron chi connectivity index (χ4n) is 1.87. The first kappa shape index (κ1) is 10.4. The van der Waals surface area contributed by atoms with Crippen molar-refractivity contribution < 1.29 is 9.84 Å². The van der Waals surface area contributed by atoms with Crippen molar-refractivity contribution in [3.63, 3.8) is 0 Å². The van der Waals surface area contributed by atoms with Gasteiger partial charge in [0.1, 0.15) is 5.82 Å². The van der Waals surface area contributed by atoms with E-state index in [1.54, 1.807) is 6.20 Å². The van der Waals surface area contributed by atoms with Gasteiger partial charge < -0.3 is 14.7 Å². The number of hydrogen-bond acceptors (Lipinski definition) is 4. The standard InChI is InChI=1S/C11H16N2O2/c1-13(10-4-6-15-8-10)11-9(7-14)3-2-5-12-11/h2-3,5,10,14H,4,6-8H2,1H3. The second-order valence-corrected chi connectivity index (χ2v) is 3.77. The molecule has 82 valence electrons. The molecule has 1 aromatic heterocycles. The molecule has 1 N–H and O–H groups in total. The molecule has 1 aliphatic rings. The van der Waals surface area contributed by atoms with Crippen molar-refractivity contribution in [2.24, 2.45) is 0 Å². The van der Waals surface area contributed by atoms with Crippen molar-refractivity contribution in [3.8, 4) is 0 Å². The van der Waals surface area contributed by atoms with Crippen LogP contribution in [0.2, 0.25) is 0 Å². The van der Waals surface area contributed by atoms with E-state index in [0.29, 0.717) is 6.04 Å². The predicted octanol–water partition coefficient (Wildman–Crippen LogP) is 0.799. The Morgan fingerprint density at radius 3 is 3.20 bits per heavy atom. The summed E-state index contributed by atoms with van der Waals surface area (Å²) in [5.41, 5.74) is 0.868. The number of hydrogen-bond donors (Lipinski definition) is 1. The summed E-state index contributed by atoms with van der Waals surface area (Å²) in [4.78, 5) is 6.40. The topological polar surface area (TPSA) is 45.6 Å². The molecule has 1 unspecified atom stereocenters. The number of ether oxygens (including phenoxy) is 1. The molecule has 1 aromatic rings. The average molecular weight is 208 g/mol. The highest BCUT2D eigenvalue weighted by Crippen LogP contribution is 2.21. The maximum atomic E-state index is 9.21. The van der Waals surface area contributed by atoms with Crippen molar-refractivity contribution in [3.05, 3.63) is 23.9 Å². The Hall–Kier alpha value is -1.13. The fourth-order valence-corrected chi connectivity index (χ4v) is 1.87. The zero-order valence-corrected chi connectivity index (χ0v) is 8.89. The molecule has 4 heteroatoms. The van der Waals surface area contributed by atoms with Gasteiger partial charge in [-0.2, -0.15) is 0 Å². The Balaban J connectivity index is 2.19. The van der Waals surface area contributed by atoms with Crippen molar-refractivity contribution in [1.82, 2.24) is 4.98 Å². The van der Waals surface area contributed by atoms with E-state index in [2.05, 4.69) is 9.88 Å². The Morgan fingerprint density at radius 1 is 1.67 bits per heavy atom. The van der Waals surface area contributed by atoms with E-state index in [4.69, 9.17) is 4.74 Å². The van der Waals surface area contributed by atoms with E-state index in [0.717, 1.165) is 31.0 Å². The van der Waals surface area contributed by atoms with Gasteiger partial charge in [-0.25, -0.2) is 4.98 Å². The van der Waals surface area contributed by atoms with Crippen LogP contribution >= 0.6 is 0 Å². The first-order valence-electron chi connectivity index (χ1n) is 5.18. The molecular formula is C11H16N2O2. The summed E-state index contributed by atoms with van der Waals surface area (Å²) < 4.78 is 5.34. The summed E-state index contributed by atoms with van der Waals surface area (Å²) in [5.74, 6) is 0.857. The van der Waals surface area contributed by atoms with Crippen LogP contribution < -0.4 is 4.90 Å². The summed E-state index contributed by atoms with van der Waals surface area (Å²) in [6.07, 6.45) is 2.78. The first-order valence-corrected chi connectivity index (χ1v) is 5.18. The van der Waals surface area contributed by atoms with Crippen LogP contribution in [0.3, 0.4) is 0 Å². The van der Waals surface area contributed by atoms with E-state index in [1.165, 1.54) is 0 Å². The van der Waals surface area contributed by atoms with Crippen molar-refractivity contribution in [2.45, 2.75) is 19.1 Å². The summed E-state index contributed by atoms with van der Waals surface area (Å²) in [5, 5.41) is 9.21. The molecule has 2 rings (SSSR count). The number of nitrogens with zero attached hydrogens (tertiary/aromatic N) is 2. The van der Waals surface area contributed by atoms with E-state index in [1.807, 2.05) is 19.2 Å². The molecule has 4 nitrogen and oxygen atoms in total. The third-order valence-electron chi connectivity index (χ3n) is 2.83. The molecule has 1 aliphatic heterocycles. The monoisotopic (exact) mass is 208 g/mol. The molecule has 1 atom stereocenters. The van der Waals surface area contributed by atoms with E-state index >= 15 is 0 Å². The van der Waals surface area contributed by atoms with E-state index < -0.39 is 0 Å². The van der Waals surface area contributed by atoms with Gasteiger partial charge in [0.15, 0.2) is 0 Å². The van der Waals surface area contributed by atoms with Crippen molar-refractivity contribution in [2.75, 3.05) is 25.2 Å². The smallest absolute Gasteiger partial charge is 0.134 e. The van der Waals surface area contributed by atoms with Crippen LogP contribution in [0.25, 0.3) is 0 Å². The molecule has 0 radical (unpaired) electrons. The maximum absolute atomic E-state index is 9.21. The van der Waals surface area contributed by atoms with Gasteiger partial charge in [-0.3, -0.25) is 0 Å². The zero-order chi connectivity index (χ0) is 10.7. The lowest BCUT2D eigenvalue weighted by molar-refractivity contribution is 0.193. The van der Waals surface area contributed by atoms with Gasteiger partial charge in [0.05, 0.1) is 19.3 Å². The van der Waals surface area contributed by atoms with Crippen molar-refractivity contribution in [1.29, 1.82) is 0 Å². The first-order chi connectivity index (χ1) is 7.33. The highest BCUT2D eigenvalue weighted by molar-refractivity contribution is 5.46. The van der Waals surface area contributed by atoms with Crippen LogP contribution in [0.1, 0.15) is 12.0 Å². The summed E-state index contributed by atoms with van der Waals surface area (Å²) in [6, 6.07) is 4.12. The fraction of sp³-hybridized carbons (Fsp3) is 0.545. The number of aliphatic hydroxyl groups is 1. The highest BCUT2D eigenvalue weighted by Gasteiger charge is 2.22. The number of rotatable bonds is 3. The molecule has 0 spiro atoms. The third kappa shape index (κ3) is 2.11. The molecular weight excluding hydrogens is 192 g/mol. The molecule has 1 saturated heterocycles. The second-order valence-electron chi connectivity index (χ2n) is 3.77. The van der Waals surface area contributed by atoms with Crippen LogP contribution in [-0.2, 0) is 11.3 Å². The lowest BCUT2D eigenvalue weighted by Crippen LogP contribution is -2.33. The third-order valence-corrected chi connectivity index (χ3v) is 2.83. The molecule has 15 heavy (non-hydrogen) atoms. The molecule has 0 aromatic carbocycles. The van der Waals surface area contributed by atoms with Crippen LogP contribution in [0.4, 0.5) is 5.82 Å². The summed E-state index contributed by atoms with van der Waals surface area (Å²) >= 11 is 0. The minimum absolute atomic E-state index is 0.0289. The Morgan fingerprint density at radius 2 is 2.53 bits per heavy atom. The van der Waals surface area contributed by atoms with Crippen LogP contribution in [0.15, 0.2) is 18.3 Å². The van der Waals surface area contributed by atoms with Crippen LogP contribution in [0.5, 0.6) is 0 Å². The minimum atomic E-state index is 0.0289. The lowest BCUT2D eigenvalue weighted by atomic mass is 10.2. The number of aliphatic hydroxyl groups excluding tert-OH is 1. The van der Waals surface area contributed by atoms with Gasteiger partial charge in [-0.1, -0.05) is 6.07 Å². The summed E-state index contributed by atoms with van der Waals surface area (Å²) in [6.45, 7) is 1.59. The Bertz CT molecular complexity index is 324. The average Bonchev–Trinajstić information content (AvgIpc) is 2.81. The maximum Gasteiger partial charge on any atom is 0.134 e. The zero-order valence-electron chi connectivity index (χ0n) is 8.89. The second kappa shape index (κ2) is 4.59. The number of likely N-dealkylation sites (N-methyl/N-ethyl adjacent to an activating group) is 1. The molecule has 2 heterocycles. The molecule has 0 amide bonds. The predicted molar refractivity (Wildman–Crippen MR) is 57.8 cm³/mol. The quantitative estimate of drug-likeness (QED) is 0.798. The lowest BCUT2D eigenvalue weighted by Gasteiger charge is -2.25. The molecule has 0 bridgehead atoms. The normalized spacial score (nSPS) is 20.5. The minimum Gasteiger partial charge on any atom is -0.392 e. The highest BCUT2D eigenvalue weighted by atomic mass is 16.5. The van der Waals surface area contributed by atoms with Gasteiger partial charge in [0.25, 0.3) is 0 Å². The summed E-state index contributed by atoms with van der Waals surface area (Å²) in [7, 11) is 2.00.